The van der Waals surface area contributed by atoms with Gasteiger partial charge in [-0.2, -0.15) is 0 Å². The van der Waals surface area contributed by atoms with Gasteiger partial charge in [-0.3, -0.25) is 10.6 Å². The minimum absolute atomic E-state index is 0.0130. The third-order valence-corrected chi connectivity index (χ3v) is 2.13. The normalized spacial score (nSPS) is 19.3. The maximum Gasteiger partial charge on any atom is 0.0823 e. The van der Waals surface area contributed by atoms with Crippen molar-refractivity contribution >= 4 is 0 Å². The van der Waals surface area contributed by atoms with Crippen LogP contribution in [-0.4, -0.2) is 24.9 Å². The van der Waals surface area contributed by atoms with E-state index in [0.29, 0.717) is 0 Å². The quantitative estimate of drug-likeness (QED) is 0.381. The van der Waals surface area contributed by atoms with Crippen molar-refractivity contribution < 1.29 is 0 Å². The molecule has 5 nitrogen and oxygen atoms in total. The summed E-state index contributed by atoms with van der Waals surface area (Å²) in [6.07, 6.45) is -0.106. The fourth-order valence-corrected chi connectivity index (χ4v) is 1.13. The summed E-state index contributed by atoms with van der Waals surface area (Å²) in [7, 11) is 0. The molecule has 8 N–H and O–H groups in total. The Morgan fingerprint density at radius 1 is 1.20 bits per heavy atom. The summed E-state index contributed by atoms with van der Waals surface area (Å²) in [4.78, 5) is 0. The largest absolute Gasteiger partial charge is 0.402 e. The number of allylic oxidation sites excluding steroid dienone is 1. The van der Waals surface area contributed by atoms with Crippen molar-refractivity contribution in [2.45, 2.75) is 46.1 Å². The zero-order valence-corrected chi connectivity index (χ0v) is 10.2. The summed E-state index contributed by atoms with van der Waals surface area (Å²) in [6.45, 7) is 8.40. The van der Waals surface area contributed by atoms with E-state index in [4.69, 9.17) is 17.2 Å². The summed E-state index contributed by atoms with van der Waals surface area (Å²) in [5.74, 6) is 0. The standard InChI is InChI=1S/C10H25N5/c1-6(11)5-14-10(15-9(4)13)7(2)8(3)12/h6,9-10,14-15H,5,11-13H2,1-4H3/b8-7-. The number of nitrogens with one attached hydrogen (secondary N) is 2. The molecule has 0 spiro atoms. The lowest BCUT2D eigenvalue weighted by Gasteiger charge is -2.25. The number of hydrogen-bond acceptors (Lipinski definition) is 5. The molecule has 0 fully saturated rings. The minimum atomic E-state index is -0.0927. The number of rotatable bonds is 6. The molecule has 0 heterocycles. The summed E-state index contributed by atoms with van der Waals surface area (Å²) >= 11 is 0. The molecule has 0 aromatic carbocycles. The van der Waals surface area contributed by atoms with E-state index in [1.54, 1.807) is 0 Å². The van der Waals surface area contributed by atoms with Gasteiger partial charge in [-0.1, -0.05) is 0 Å². The Bertz CT molecular complexity index is 206. The first-order chi connectivity index (χ1) is 6.84. The molecular weight excluding hydrogens is 190 g/mol. The lowest BCUT2D eigenvalue weighted by molar-refractivity contribution is 0.414. The van der Waals surface area contributed by atoms with Crippen LogP contribution in [0.4, 0.5) is 0 Å². The van der Waals surface area contributed by atoms with E-state index in [9.17, 15) is 0 Å². The summed E-state index contributed by atoms with van der Waals surface area (Å²) in [5, 5.41) is 6.47. The van der Waals surface area contributed by atoms with E-state index in [-0.39, 0.29) is 18.4 Å². The Kier molecular flexibility index (Phi) is 6.51. The average Bonchev–Trinajstić information content (AvgIpc) is 2.10. The van der Waals surface area contributed by atoms with Crippen molar-refractivity contribution in [2.75, 3.05) is 6.54 Å². The van der Waals surface area contributed by atoms with Crippen LogP contribution in [0.25, 0.3) is 0 Å². The zero-order valence-electron chi connectivity index (χ0n) is 10.2. The molecule has 0 aliphatic carbocycles. The SMILES string of the molecule is C/C(N)=C(\C)C(NCC(C)N)NC(C)N. The third kappa shape index (κ3) is 6.46. The Labute approximate surface area is 92.5 Å². The number of hydrogen-bond donors (Lipinski definition) is 5. The van der Waals surface area contributed by atoms with Crippen LogP contribution in [0.1, 0.15) is 27.7 Å². The fourth-order valence-electron chi connectivity index (χ4n) is 1.13. The van der Waals surface area contributed by atoms with Crippen LogP contribution < -0.4 is 27.8 Å². The van der Waals surface area contributed by atoms with Crippen molar-refractivity contribution in [3.63, 3.8) is 0 Å². The third-order valence-electron chi connectivity index (χ3n) is 2.13. The Morgan fingerprint density at radius 2 is 1.73 bits per heavy atom. The second kappa shape index (κ2) is 6.79. The monoisotopic (exact) mass is 215 g/mol. The second-order valence-corrected chi connectivity index (χ2v) is 4.14. The van der Waals surface area contributed by atoms with Crippen LogP contribution in [-0.2, 0) is 0 Å². The highest BCUT2D eigenvalue weighted by Gasteiger charge is 2.13. The highest BCUT2D eigenvalue weighted by atomic mass is 15.2. The van der Waals surface area contributed by atoms with E-state index in [1.807, 2.05) is 27.7 Å². The lowest BCUT2D eigenvalue weighted by Crippen LogP contribution is -2.52. The van der Waals surface area contributed by atoms with E-state index in [0.717, 1.165) is 17.8 Å². The van der Waals surface area contributed by atoms with Gasteiger partial charge in [0.25, 0.3) is 0 Å². The molecule has 0 saturated carbocycles. The van der Waals surface area contributed by atoms with Gasteiger partial charge >= 0.3 is 0 Å². The molecule has 0 radical (unpaired) electrons. The molecule has 15 heavy (non-hydrogen) atoms. The Morgan fingerprint density at radius 3 is 2.07 bits per heavy atom. The van der Waals surface area contributed by atoms with E-state index in [2.05, 4.69) is 10.6 Å². The summed E-state index contributed by atoms with van der Waals surface area (Å²) < 4.78 is 0. The first-order valence-corrected chi connectivity index (χ1v) is 5.28. The molecule has 0 aromatic heterocycles. The average molecular weight is 215 g/mol. The highest BCUT2D eigenvalue weighted by molar-refractivity contribution is 5.12. The molecule has 0 bridgehead atoms. The molecule has 90 valence electrons. The molecular formula is C10H25N5. The smallest absolute Gasteiger partial charge is 0.0823 e. The topological polar surface area (TPSA) is 102 Å². The van der Waals surface area contributed by atoms with Crippen molar-refractivity contribution in [1.29, 1.82) is 0 Å². The van der Waals surface area contributed by atoms with Gasteiger partial charge < -0.3 is 17.2 Å². The predicted molar refractivity (Wildman–Crippen MR) is 64.8 cm³/mol. The van der Waals surface area contributed by atoms with Crippen molar-refractivity contribution in [1.82, 2.24) is 10.6 Å². The number of nitrogens with two attached hydrogens (primary N) is 3. The van der Waals surface area contributed by atoms with Gasteiger partial charge in [-0.25, -0.2) is 0 Å². The maximum absolute atomic E-state index is 5.75. The summed E-state index contributed by atoms with van der Waals surface area (Å²) in [6, 6.07) is 0.105. The molecule has 3 unspecified atom stereocenters. The van der Waals surface area contributed by atoms with Crippen molar-refractivity contribution in [3.05, 3.63) is 11.3 Å². The first-order valence-electron chi connectivity index (χ1n) is 5.28. The lowest BCUT2D eigenvalue weighted by atomic mass is 10.1. The summed E-state index contributed by atoms with van der Waals surface area (Å²) in [5.41, 5.74) is 19.0. The van der Waals surface area contributed by atoms with Crippen LogP contribution >= 0.6 is 0 Å². The van der Waals surface area contributed by atoms with Crippen molar-refractivity contribution in [2.24, 2.45) is 17.2 Å². The molecule has 0 aliphatic heterocycles. The minimum Gasteiger partial charge on any atom is -0.402 e. The van der Waals surface area contributed by atoms with Crippen molar-refractivity contribution in [3.8, 4) is 0 Å². The fraction of sp³-hybridized carbons (Fsp3) is 0.800. The van der Waals surface area contributed by atoms with Gasteiger partial charge in [-0.05, 0) is 33.3 Å². The van der Waals surface area contributed by atoms with Gasteiger partial charge in [0, 0.05) is 18.3 Å². The van der Waals surface area contributed by atoms with Crippen LogP contribution in [0, 0.1) is 0 Å². The first kappa shape index (κ1) is 14.4. The van der Waals surface area contributed by atoms with Crippen LogP contribution in [0.5, 0.6) is 0 Å². The highest BCUT2D eigenvalue weighted by Crippen LogP contribution is 2.02. The van der Waals surface area contributed by atoms with Gasteiger partial charge in [0.15, 0.2) is 0 Å². The van der Waals surface area contributed by atoms with E-state index >= 15 is 0 Å². The maximum atomic E-state index is 5.75. The molecule has 0 amide bonds. The van der Waals surface area contributed by atoms with Gasteiger partial charge in [0.05, 0.1) is 12.3 Å². The van der Waals surface area contributed by atoms with Crippen LogP contribution in [0.3, 0.4) is 0 Å². The van der Waals surface area contributed by atoms with Gasteiger partial charge in [0.2, 0.25) is 0 Å². The predicted octanol–water partition coefficient (Wildman–Crippen LogP) is -0.604. The van der Waals surface area contributed by atoms with Gasteiger partial charge in [0.1, 0.15) is 0 Å². The molecule has 0 rings (SSSR count). The molecule has 0 aromatic rings. The molecule has 3 atom stereocenters. The van der Waals surface area contributed by atoms with Crippen LogP contribution in [0.15, 0.2) is 11.3 Å². The molecule has 5 heteroatoms. The van der Waals surface area contributed by atoms with E-state index < -0.39 is 0 Å². The molecule has 0 aliphatic rings. The Balaban J connectivity index is 4.38. The zero-order chi connectivity index (χ0) is 12.0. The van der Waals surface area contributed by atoms with E-state index in [1.165, 1.54) is 0 Å². The van der Waals surface area contributed by atoms with Crippen LogP contribution in [0.2, 0.25) is 0 Å². The Hall–Kier alpha value is -0.620. The second-order valence-electron chi connectivity index (χ2n) is 4.14. The van der Waals surface area contributed by atoms with Gasteiger partial charge in [-0.15, -0.1) is 0 Å². The molecule has 0 saturated heterocycles.